The first-order chi connectivity index (χ1) is 12.7. The number of para-hydroxylation sites is 1. The summed E-state index contributed by atoms with van der Waals surface area (Å²) in [6.07, 6.45) is 3.35. The standard InChI is InChI=1S/C19H21N5O2/c1-14-12-15-4-2-3-5-17(15)24(14)18(26)16-6-7-20-19(21-16)23-10-8-22(13-25)9-11-23/h2-7,13-14H,8-12H2,1H3. The largest absolute Gasteiger partial charge is 0.342 e. The summed E-state index contributed by atoms with van der Waals surface area (Å²) in [7, 11) is 0. The number of hydrogen-bond acceptors (Lipinski definition) is 5. The highest BCUT2D eigenvalue weighted by atomic mass is 16.2. The minimum absolute atomic E-state index is 0.0994. The lowest BCUT2D eigenvalue weighted by atomic mass is 10.1. The Balaban J connectivity index is 1.57. The molecule has 0 spiro atoms. The van der Waals surface area contributed by atoms with Crippen LogP contribution >= 0.6 is 0 Å². The number of nitrogens with zero attached hydrogens (tertiary/aromatic N) is 5. The molecule has 26 heavy (non-hydrogen) atoms. The molecule has 0 bridgehead atoms. The van der Waals surface area contributed by atoms with Crippen LogP contribution in [0.3, 0.4) is 0 Å². The second-order valence-corrected chi connectivity index (χ2v) is 6.73. The van der Waals surface area contributed by atoms with Crippen molar-refractivity contribution in [1.29, 1.82) is 0 Å². The van der Waals surface area contributed by atoms with Gasteiger partial charge in [-0.25, -0.2) is 9.97 Å². The summed E-state index contributed by atoms with van der Waals surface area (Å²) in [5, 5.41) is 0. The van der Waals surface area contributed by atoms with Crippen LogP contribution in [0, 0.1) is 0 Å². The molecular weight excluding hydrogens is 330 g/mol. The summed E-state index contributed by atoms with van der Waals surface area (Å²) >= 11 is 0. The van der Waals surface area contributed by atoms with Gasteiger partial charge in [0, 0.05) is 44.1 Å². The highest BCUT2D eigenvalue weighted by Gasteiger charge is 2.32. The Labute approximate surface area is 152 Å². The maximum absolute atomic E-state index is 13.1. The van der Waals surface area contributed by atoms with E-state index in [4.69, 9.17) is 0 Å². The van der Waals surface area contributed by atoms with Gasteiger partial charge in [-0.1, -0.05) is 18.2 Å². The number of benzene rings is 1. The Morgan fingerprint density at radius 1 is 1.15 bits per heavy atom. The topological polar surface area (TPSA) is 69.6 Å². The molecule has 3 heterocycles. The number of carbonyl (C=O) groups is 2. The Morgan fingerprint density at radius 2 is 1.92 bits per heavy atom. The van der Waals surface area contributed by atoms with Crippen molar-refractivity contribution < 1.29 is 9.59 Å². The number of aromatic nitrogens is 2. The van der Waals surface area contributed by atoms with E-state index in [0.717, 1.165) is 18.5 Å². The van der Waals surface area contributed by atoms with Gasteiger partial charge in [-0.15, -0.1) is 0 Å². The third-order valence-corrected chi connectivity index (χ3v) is 5.03. The monoisotopic (exact) mass is 351 g/mol. The Bertz CT molecular complexity index is 832. The predicted octanol–water partition coefficient (Wildman–Crippen LogP) is 1.35. The van der Waals surface area contributed by atoms with E-state index in [1.807, 2.05) is 28.0 Å². The second-order valence-electron chi connectivity index (χ2n) is 6.73. The molecule has 7 heteroatoms. The molecule has 1 atom stereocenters. The molecule has 7 nitrogen and oxygen atoms in total. The average molecular weight is 351 g/mol. The van der Waals surface area contributed by atoms with Crippen LogP contribution in [0.5, 0.6) is 0 Å². The molecular formula is C19H21N5O2. The molecule has 1 fully saturated rings. The zero-order valence-electron chi connectivity index (χ0n) is 14.7. The molecule has 2 aromatic rings. The van der Waals surface area contributed by atoms with E-state index >= 15 is 0 Å². The lowest BCUT2D eigenvalue weighted by molar-refractivity contribution is -0.118. The Morgan fingerprint density at radius 3 is 2.69 bits per heavy atom. The van der Waals surface area contributed by atoms with Gasteiger partial charge >= 0.3 is 0 Å². The Hall–Kier alpha value is -2.96. The lowest BCUT2D eigenvalue weighted by Gasteiger charge is -2.32. The normalized spacial score (nSPS) is 19.4. The summed E-state index contributed by atoms with van der Waals surface area (Å²) in [6.45, 7) is 4.67. The first-order valence-corrected chi connectivity index (χ1v) is 8.86. The van der Waals surface area contributed by atoms with Crippen molar-refractivity contribution in [3.05, 3.63) is 47.8 Å². The van der Waals surface area contributed by atoms with Crippen molar-refractivity contribution in [1.82, 2.24) is 14.9 Å². The van der Waals surface area contributed by atoms with Crippen LogP contribution in [0.4, 0.5) is 11.6 Å². The molecule has 0 radical (unpaired) electrons. The second kappa shape index (κ2) is 6.74. The molecule has 0 aliphatic carbocycles. The van der Waals surface area contributed by atoms with Crippen LogP contribution in [-0.2, 0) is 11.2 Å². The number of rotatable bonds is 3. The van der Waals surface area contributed by atoms with Crippen LogP contribution in [0.25, 0.3) is 0 Å². The average Bonchev–Trinajstić information content (AvgIpc) is 3.03. The molecule has 2 amide bonds. The fraction of sp³-hybridized carbons (Fsp3) is 0.368. The van der Waals surface area contributed by atoms with Gasteiger partial charge in [0.1, 0.15) is 5.69 Å². The van der Waals surface area contributed by atoms with Gasteiger partial charge < -0.3 is 14.7 Å². The number of amides is 2. The van der Waals surface area contributed by atoms with Crippen molar-refractivity contribution in [2.75, 3.05) is 36.0 Å². The van der Waals surface area contributed by atoms with Gasteiger partial charge in [-0.3, -0.25) is 9.59 Å². The zero-order valence-corrected chi connectivity index (χ0v) is 14.7. The van der Waals surface area contributed by atoms with Crippen molar-refractivity contribution in [2.24, 2.45) is 0 Å². The Kier molecular flexibility index (Phi) is 4.28. The maximum Gasteiger partial charge on any atom is 0.277 e. The number of hydrogen-bond donors (Lipinski definition) is 0. The van der Waals surface area contributed by atoms with Crippen LogP contribution < -0.4 is 9.80 Å². The summed E-state index contributed by atoms with van der Waals surface area (Å²) in [5.41, 5.74) is 2.55. The van der Waals surface area contributed by atoms with E-state index in [1.165, 1.54) is 5.56 Å². The van der Waals surface area contributed by atoms with Gasteiger partial charge in [0.05, 0.1) is 0 Å². The van der Waals surface area contributed by atoms with Gasteiger partial charge in [0.25, 0.3) is 5.91 Å². The van der Waals surface area contributed by atoms with Crippen molar-refractivity contribution in [3.8, 4) is 0 Å². The first-order valence-electron chi connectivity index (χ1n) is 8.86. The zero-order chi connectivity index (χ0) is 18.1. The van der Waals surface area contributed by atoms with Crippen molar-refractivity contribution in [3.63, 3.8) is 0 Å². The summed E-state index contributed by atoms with van der Waals surface area (Å²) in [5.74, 6) is 0.444. The lowest BCUT2D eigenvalue weighted by Crippen LogP contribution is -2.46. The molecule has 2 aliphatic rings. The van der Waals surface area contributed by atoms with E-state index in [9.17, 15) is 9.59 Å². The van der Waals surface area contributed by atoms with Gasteiger partial charge in [0.15, 0.2) is 0 Å². The van der Waals surface area contributed by atoms with E-state index in [2.05, 4.69) is 23.0 Å². The van der Waals surface area contributed by atoms with Crippen LogP contribution in [-0.4, -0.2) is 59.4 Å². The van der Waals surface area contributed by atoms with Crippen molar-refractivity contribution >= 4 is 24.0 Å². The number of piperazine rings is 1. The van der Waals surface area contributed by atoms with Crippen LogP contribution in [0.15, 0.2) is 36.5 Å². The minimum atomic E-state index is -0.0994. The number of fused-ring (bicyclic) bond motifs is 1. The molecule has 0 saturated carbocycles. The summed E-state index contributed by atoms with van der Waals surface area (Å²) in [4.78, 5) is 38.4. The fourth-order valence-corrected chi connectivity index (χ4v) is 3.65. The minimum Gasteiger partial charge on any atom is -0.342 e. The quantitative estimate of drug-likeness (QED) is 0.781. The van der Waals surface area contributed by atoms with Crippen molar-refractivity contribution in [2.45, 2.75) is 19.4 Å². The van der Waals surface area contributed by atoms with Gasteiger partial charge in [-0.2, -0.15) is 0 Å². The highest BCUT2D eigenvalue weighted by Crippen LogP contribution is 2.32. The predicted molar refractivity (Wildman–Crippen MR) is 98.3 cm³/mol. The molecule has 1 aromatic carbocycles. The molecule has 1 unspecified atom stereocenters. The molecule has 0 N–H and O–H groups in total. The number of anilines is 2. The van der Waals surface area contributed by atoms with Crippen LogP contribution in [0.2, 0.25) is 0 Å². The summed E-state index contributed by atoms with van der Waals surface area (Å²) < 4.78 is 0. The smallest absolute Gasteiger partial charge is 0.277 e. The highest BCUT2D eigenvalue weighted by molar-refractivity contribution is 6.06. The number of carbonyl (C=O) groups excluding carboxylic acids is 2. The first kappa shape index (κ1) is 16.5. The molecule has 2 aliphatic heterocycles. The van der Waals surface area contributed by atoms with E-state index in [-0.39, 0.29) is 11.9 Å². The molecule has 134 valence electrons. The van der Waals surface area contributed by atoms with E-state index in [1.54, 1.807) is 17.2 Å². The third-order valence-electron chi connectivity index (χ3n) is 5.03. The third kappa shape index (κ3) is 2.89. The van der Waals surface area contributed by atoms with Gasteiger partial charge in [-0.05, 0) is 31.0 Å². The van der Waals surface area contributed by atoms with Gasteiger partial charge in [0.2, 0.25) is 12.4 Å². The molecule has 1 saturated heterocycles. The molecule has 4 rings (SSSR count). The van der Waals surface area contributed by atoms with E-state index < -0.39 is 0 Å². The fourth-order valence-electron chi connectivity index (χ4n) is 3.65. The molecule has 1 aromatic heterocycles. The summed E-state index contributed by atoms with van der Waals surface area (Å²) in [6, 6.07) is 9.78. The SMILES string of the molecule is CC1Cc2ccccc2N1C(=O)c1ccnc(N2CCN(C=O)CC2)n1. The maximum atomic E-state index is 13.1. The van der Waals surface area contributed by atoms with E-state index in [0.29, 0.717) is 37.8 Å². The van der Waals surface area contributed by atoms with Crippen LogP contribution in [0.1, 0.15) is 23.0 Å².